The van der Waals surface area contributed by atoms with Gasteiger partial charge in [-0.2, -0.15) is 4.68 Å². The summed E-state index contributed by atoms with van der Waals surface area (Å²) in [6.45, 7) is 0. The molecule has 8 heteroatoms. The minimum absolute atomic E-state index is 0.117. The van der Waals surface area contributed by atoms with Gasteiger partial charge in [-0.15, -0.1) is 5.10 Å². The molecule has 0 radical (unpaired) electrons. The van der Waals surface area contributed by atoms with Gasteiger partial charge in [0.1, 0.15) is 5.69 Å². The van der Waals surface area contributed by atoms with Gasteiger partial charge in [0.15, 0.2) is 17.5 Å². The standard InChI is InChI=1S/C13H8ClF2N5/c14-11-7(3-1-5-9(11)17)13-18-19-20-21(13)10-6-2-4-8(15)12(10)16/h1-6H,17H2. The van der Waals surface area contributed by atoms with E-state index in [1.54, 1.807) is 18.2 Å². The highest BCUT2D eigenvalue weighted by Crippen LogP contribution is 2.31. The summed E-state index contributed by atoms with van der Waals surface area (Å²) in [5, 5.41) is 11.2. The lowest BCUT2D eigenvalue weighted by Crippen LogP contribution is -2.04. The number of halogens is 3. The van der Waals surface area contributed by atoms with Gasteiger partial charge in [-0.3, -0.25) is 0 Å². The maximum absolute atomic E-state index is 13.9. The van der Waals surface area contributed by atoms with Crippen LogP contribution in [0.5, 0.6) is 0 Å². The zero-order valence-corrected chi connectivity index (χ0v) is 11.2. The molecule has 3 rings (SSSR count). The van der Waals surface area contributed by atoms with Crippen LogP contribution in [0.3, 0.4) is 0 Å². The van der Waals surface area contributed by atoms with Crippen molar-refractivity contribution in [3.8, 4) is 17.1 Å². The molecule has 106 valence electrons. The molecule has 1 heterocycles. The predicted molar refractivity (Wildman–Crippen MR) is 73.9 cm³/mol. The summed E-state index contributed by atoms with van der Waals surface area (Å²) in [6.07, 6.45) is 0. The Hall–Kier alpha value is -2.54. The Morgan fingerprint density at radius 3 is 2.67 bits per heavy atom. The second-order valence-corrected chi connectivity index (χ2v) is 4.57. The number of nitrogens with zero attached hydrogens (tertiary/aromatic N) is 4. The first-order chi connectivity index (χ1) is 10.1. The molecule has 0 fully saturated rings. The Kier molecular flexibility index (Phi) is 3.26. The SMILES string of the molecule is Nc1cccc(-c2nnnn2-c2cccc(F)c2F)c1Cl. The van der Waals surface area contributed by atoms with Gasteiger partial charge in [0, 0.05) is 5.56 Å². The van der Waals surface area contributed by atoms with E-state index >= 15 is 0 Å². The third kappa shape index (κ3) is 2.21. The maximum atomic E-state index is 13.9. The highest BCUT2D eigenvalue weighted by atomic mass is 35.5. The van der Waals surface area contributed by atoms with E-state index in [2.05, 4.69) is 15.5 Å². The summed E-state index contributed by atoms with van der Waals surface area (Å²) in [6, 6.07) is 8.65. The molecule has 0 saturated heterocycles. The van der Waals surface area contributed by atoms with Gasteiger partial charge in [-0.05, 0) is 34.7 Å². The molecular weight excluding hydrogens is 300 g/mol. The van der Waals surface area contributed by atoms with Crippen molar-refractivity contribution in [3.05, 3.63) is 53.1 Å². The van der Waals surface area contributed by atoms with Gasteiger partial charge in [-0.25, -0.2) is 8.78 Å². The number of hydrogen-bond acceptors (Lipinski definition) is 4. The topological polar surface area (TPSA) is 69.6 Å². The van der Waals surface area contributed by atoms with Gasteiger partial charge < -0.3 is 5.73 Å². The van der Waals surface area contributed by atoms with E-state index in [-0.39, 0.29) is 16.5 Å². The van der Waals surface area contributed by atoms with Crippen molar-refractivity contribution in [2.24, 2.45) is 0 Å². The zero-order chi connectivity index (χ0) is 15.0. The fourth-order valence-electron chi connectivity index (χ4n) is 1.90. The summed E-state index contributed by atoms with van der Waals surface area (Å²) in [7, 11) is 0. The van der Waals surface area contributed by atoms with Crippen molar-refractivity contribution >= 4 is 17.3 Å². The fourth-order valence-corrected chi connectivity index (χ4v) is 2.11. The number of aromatic nitrogens is 4. The molecule has 0 spiro atoms. The lowest BCUT2D eigenvalue weighted by molar-refractivity contribution is 0.501. The predicted octanol–water partition coefficient (Wildman–Crippen LogP) is 2.84. The Morgan fingerprint density at radius 2 is 1.86 bits per heavy atom. The average Bonchev–Trinajstić information content (AvgIpc) is 2.94. The van der Waals surface area contributed by atoms with Crippen LogP contribution in [0.15, 0.2) is 36.4 Å². The minimum atomic E-state index is -1.05. The molecule has 0 amide bonds. The number of benzene rings is 2. The van der Waals surface area contributed by atoms with E-state index in [1.807, 2.05) is 0 Å². The van der Waals surface area contributed by atoms with Crippen LogP contribution in [0.2, 0.25) is 5.02 Å². The zero-order valence-electron chi connectivity index (χ0n) is 10.5. The number of rotatable bonds is 2. The molecule has 0 aliphatic carbocycles. The first-order valence-corrected chi connectivity index (χ1v) is 6.24. The molecule has 21 heavy (non-hydrogen) atoms. The normalized spacial score (nSPS) is 10.8. The van der Waals surface area contributed by atoms with E-state index in [9.17, 15) is 8.78 Å². The fraction of sp³-hybridized carbons (Fsp3) is 0. The molecule has 0 unspecified atom stereocenters. The van der Waals surface area contributed by atoms with E-state index in [0.29, 0.717) is 11.3 Å². The van der Waals surface area contributed by atoms with Gasteiger partial charge in [0.25, 0.3) is 0 Å². The van der Waals surface area contributed by atoms with Crippen LogP contribution in [0.25, 0.3) is 17.1 Å². The summed E-state index contributed by atoms with van der Waals surface area (Å²) >= 11 is 6.11. The van der Waals surface area contributed by atoms with Crippen molar-refractivity contribution in [3.63, 3.8) is 0 Å². The third-order valence-corrected chi connectivity index (χ3v) is 3.32. The Bertz CT molecular complexity index is 752. The van der Waals surface area contributed by atoms with Crippen LogP contribution in [0, 0.1) is 11.6 Å². The second-order valence-electron chi connectivity index (χ2n) is 4.20. The van der Waals surface area contributed by atoms with Crippen LogP contribution in [0.4, 0.5) is 14.5 Å². The smallest absolute Gasteiger partial charge is 0.188 e. The Balaban J connectivity index is 2.22. The van der Waals surface area contributed by atoms with Crippen LogP contribution >= 0.6 is 11.6 Å². The first-order valence-electron chi connectivity index (χ1n) is 5.86. The van der Waals surface area contributed by atoms with Gasteiger partial charge in [0.05, 0.1) is 10.7 Å². The molecule has 2 N–H and O–H groups in total. The molecule has 0 aliphatic heterocycles. The highest BCUT2D eigenvalue weighted by molar-refractivity contribution is 6.35. The monoisotopic (exact) mass is 307 g/mol. The van der Waals surface area contributed by atoms with Crippen molar-refractivity contribution in [2.75, 3.05) is 5.73 Å². The summed E-state index contributed by atoms with van der Waals surface area (Å²) in [5.41, 5.74) is 6.37. The number of nitrogens with two attached hydrogens (primary N) is 1. The summed E-state index contributed by atoms with van der Waals surface area (Å²) < 4.78 is 28.3. The molecule has 5 nitrogen and oxygen atoms in total. The molecule has 1 aromatic heterocycles. The number of tetrazole rings is 1. The average molecular weight is 308 g/mol. The number of nitrogen functional groups attached to an aromatic ring is 1. The largest absolute Gasteiger partial charge is 0.398 e. The van der Waals surface area contributed by atoms with E-state index in [4.69, 9.17) is 17.3 Å². The summed E-state index contributed by atoms with van der Waals surface area (Å²) in [4.78, 5) is 0. The molecule has 0 bridgehead atoms. The van der Waals surface area contributed by atoms with E-state index in [0.717, 1.165) is 10.7 Å². The van der Waals surface area contributed by atoms with Gasteiger partial charge in [-0.1, -0.05) is 23.7 Å². The van der Waals surface area contributed by atoms with Crippen LogP contribution in [0.1, 0.15) is 0 Å². The summed E-state index contributed by atoms with van der Waals surface area (Å²) in [5.74, 6) is -1.88. The van der Waals surface area contributed by atoms with Crippen molar-refractivity contribution < 1.29 is 8.78 Å². The van der Waals surface area contributed by atoms with Crippen LogP contribution in [-0.4, -0.2) is 20.2 Å². The lowest BCUT2D eigenvalue weighted by Gasteiger charge is -2.08. The molecule has 3 aromatic rings. The van der Waals surface area contributed by atoms with E-state index < -0.39 is 11.6 Å². The number of hydrogen-bond donors (Lipinski definition) is 1. The maximum Gasteiger partial charge on any atom is 0.188 e. The van der Waals surface area contributed by atoms with Crippen LogP contribution in [-0.2, 0) is 0 Å². The molecule has 2 aromatic carbocycles. The molecular formula is C13H8ClF2N5. The van der Waals surface area contributed by atoms with Crippen LogP contribution < -0.4 is 5.73 Å². The number of anilines is 1. The Labute approximate surface area is 123 Å². The first kappa shape index (κ1) is 13.4. The third-order valence-electron chi connectivity index (χ3n) is 2.90. The van der Waals surface area contributed by atoms with Gasteiger partial charge in [0.2, 0.25) is 0 Å². The quantitative estimate of drug-likeness (QED) is 0.739. The Morgan fingerprint density at radius 1 is 1.10 bits per heavy atom. The van der Waals surface area contributed by atoms with Gasteiger partial charge >= 0.3 is 0 Å². The minimum Gasteiger partial charge on any atom is -0.398 e. The van der Waals surface area contributed by atoms with Crippen molar-refractivity contribution in [1.82, 2.24) is 20.2 Å². The van der Waals surface area contributed by atoms with Crippen molar-refractivity contribution in [1.29, 1.82) is 0 Å². The van der Waals surface area contributed by atoms with E-state index in [1.165, 1.54) is 12.1 Å². The highest BCUT2D eigenvalue weighted by Gasteiger charge is 2.18. The molecule has 0 atom stereocenters. The molecule has 0 aliphatic rings. The van der Waals surface area contributed by atoms with Crippen molar-refractivity contribution in [2.45, 2.75) is 0 Å². The second kappa shape index (κ2) is 5.10. The lowest BCUT2D eigenvalue weighted by atomic mass is 10.2. The molecule has 0 saturated carbocycles.